The number of nitrogens with zero attached hydrogens (tertiary/aromatic N) is 2. The van der Waals surface area contributed by atoms with Crippen LogP contribution in [0.4, 0.5) is 4.79 Å². The highest BCUT2D eigenvalue weighted by Crippen LogP contribution is 2.12. The molecule has 0 saturated carbocycles. The number of allylic oxidation sites excluding steroid dienone is 1. The lowest BCUT2D eigenvalue weighted by Gasteiger charge is -2.19. The molecule has 0 unspecified atom stereocenters. The molecule has 3 N–H and O–H groups in total. The largest absolute Gasteiger partial charge is 0.444 e. The number of hydrogen-bond donors (Lipinski definition) is 2. The highest BCUT2D eigenvalue weighted by Gasteiger charge is 2.15. The fraction of sp³-hybridized carbons (Fsp3) is 0.467. The molecular weight excluding hydrogens is 268 g/mol. The van der Waals surface area contributed by atoms with Crippen LogP contribution in [0.25, 0.3) is 12.2 Å². The van der Waals surface area contributed by atoms with Crippen LogP contribution >= 0.6 is 0 Å². The summed E-state index contributed by atoms with van der Waals surface area (Å²) in [6, 6.07) is 0. The van der Waals surface area contributed by atoms with E-state index in [2.05, 4.69) is 16.9 Å². The third-order valence-electron chi connectivity index (χ3n) is 2.49. The van der Waals surface area contributed by atoms with E-state index < -0.39 is 11.7 Å². The van der Waals surface area contributed by atoms with Crippen LogP contribution in [-0.2, 0) is 11.3 Å². The molecule has 0 atom stereocenters. The van der Waals surface area contributed by atoms with Gasteiger partial charge < -0.3 is 20.4 Å². The Bertz CT molecular complexity index is 534. The van der Waals surface area contributed by atoms with Gasteiger partial charge in [-0.15, -0.1) is 0 Å². The Labute approximate surface area is 125 Å². The number of amides is 1. The zero-order valence-corrected chi connectivity index (χ0v) is 13.1. The van der Waals surface area contributed by atoms with Gasteiger partial charge in [0.15, 0.2) is 0 Å². The van der Waals surface area contributed by atoms with Crippen LogP contribution < -0.4 is 11.1 Å². The zero-order valence-electron chi connectivity index (χ0n) is 13.1. The van der Waals surface area contributed by atoms with Gasteiger partial charge in [-0.2, -0.15) is 0 Å². The van der Waals surface area contributed by atoms with Gasteiger partial charge in [-0.05, 0) is 39.8 Å². The summed E-state index contributed by atoms with van der Waals surface area (Å²) in [5, 5.41) is 2.71. The van der Waals surface area contributed by atoms with Crippen molar-refractivity contribution in [1.82, 2.24) is 14.9 Å². The van der Waals surface area contributed by atoms with E-state index in [4.69, 9.17) is 10.5 Å². The molecule has 1 aromatic heterocycles. The minimum atomic E-state index is -0.500. The van der Waals surface area contributed by atoms with Crippen LogP contribution in [0, 0.1) is 0 Å². The first-order valence-corrected chi connectivity index (χ1v) is 6.81. The van der Waals surface area contributed by atoms with Gasteiger partial charge in [-0.3, -0.25) is 0 Å². The van der Waals surface area contributed by atoms with Crippen molar-refractivity contribution in [3.63, 3.8) is 0 Å². The van der Waals surface area contributed by atoms with E-state index in [1.165, 1.54) is 0 Å². The van der Waals surface area contributed by atoms with Crippen LogP contribution in [0.15, 0.2) is 18.6 Å². The molecule has 6 nitrogen and oxygen atoms in total. The second kappa shape index (κ2) is 6.97. The van der Waals surface area contributed by atoms with Crippen LogP contribution in [0.2, 0.25) is 0 Å². The molecule has 21 heavy (non-hydrogen) atoms. The molecule has 0 fully saturated rings. The monoisotopic (exact) mass is 292 g/mol. The van der Waals surface area contributed by atoms with E-state index >= 15 is 0 Å². The molecular formula is C15H24N4O2. The highest BCUT2D eigenvalue weighted by atomic mass is 16.6. The molecule has 0 aliphatic heterocycles. The van der Waals surface area contributed by atoms with Crippen molar-refractivity contribution >= 4 is 18.2 Å². The lowest BCUT2D eigenvalue weighted by atomic mass is 10.2. The van der Waals surface area contributed by atoms with Crippen molar-refractivity contribution in [2.24, 2.45) is 5.73 Å². The van der Waals surface area contributed by atoms with E-state index in [1.54, 1.807) is 12.4 Å². The van der Waals surface area contributed by atoms with Crippen molar-refractivity contribution in [3.8, 4) is 0 Å². The lowest BCUT2D eigenvalue weighted by Crippen LogP contribution is -2.34. The molecule has 116 valence electrons. The number of alkyl carbamates (subject to hydrolysis) is 1. The molecule has 1 rings (SSSR count). The quantitative estimate of drug-likeness (QED) is 0.873. The standard InChI is InChI=1S/C15H24N4O2/c1-6-12-13(9-11(2)16)19(10-18-12)8-7-17-14(20)21-15(3,4)5/h6,9-10H,1,7-8,16H2,2-5H3,(H,17,20)/b11-9+. The SMILES string of the molecule is C=Cc1ncn(CCNC(=O)OC(C)(C)C)c1/C=C(\C)N. The number of aromatic nitrogens is 2. The average Bonchev–Trinajstić information content (AvgIpc) is 2.68. The predicted molar refractivity (Wildman–Crippen MR) is 84.4 cm³/mol. The number of imidazole rings is 1. The number of rotatable bonds is 5. The maximum atomic E-state index is 11.6. The fourth-order valence-corrected chi connectivity index (χ4v) is 1.71. The Morgan fingerprint density at radius 1 is 1.57 bits per heavy atom. The minimum absolute atomic E-state index is 0.432. The third-order valence-corrected chi connectivity index (χ3v) is 2.49. The fourth-order valence-electron chi connectivity index (χ4n) is 1.71. The van der Waals surface area contributed by atoms with E-state index in [9.17, 15) is 4.79 Å². The Morgan fingerprint density at radius 2 is 2.24 bits per heavy atom. The van der Waals surface area contributed by atoms with E-state index in [0.29, 0.717) is 18.8 Å². The van der Waals surface area contributed by atoms with Crippen molar-refractivity contribution in [2.75, 3.05) is 6.54 Å². The number of nitrogens with two attached hydrogens (primary N) is 1. The minimum Gasteiger partial charge on any atom is -0.444 e. The Morgan fingerprint density at radius 3 is 2.76 bits per heavy atom. The third kappa shape index (κ3) is 5.72. The number of ether oxygens (including phenoxy) is 1. The average molecular weight is 292 g/mol. The molecule has 0 saturated heterocycles. The number of carbonyl (C=O) groups excluding carboxylic acids is 1. The predicted octanol–water partition coefficient (Wildman–Crippen LogP) is 2.37. The summed E-state index contributed by atoms with van der Waals surface area (Å²) in [6.07, 6.45) is 4.77. The van der Waals surface area contributed by atoms with Crippen LogP contribution in [0.3, 0.4) is 0 Å². The van der Waals surface area contributed by atoms with Crippen molar-refractivity contribution in [1.29, 1.82) is 0 Å². The molecule has 0 spiro atoms. The first-order chi connectivity index (χ1) is 9.73. The summed E-state index contributed by atoms with van der Waals surface area (Å²) in [4.78, 5) is 15.8. The summed E-state index contributed by atoms with van der Waals surface area (Å²) in [6.45, 7) is 12.0. The summed E-state index contributed by atoms with van der Waals surface area (Å²) >= 11 is 0. The smallest absolute Gasteiger partial charge is 0.407 e. The van der Waals surface area contributed by atoms with E-state index in [-0.39, 0.29) is 0 Å². The van der Waals surface area contributed by atoms with Gasteiger partial charge in [0, 0.05) is 18.8 Å². The summed E-state index contributed by atoms with van der Waals surface area (Å²) < 4.78 is 7.08. The second-order valence-corrected chi connectivity index (χ2v) is 5.73. The topological polar surface area (TPSA) is 82.2 Å². The number of carbonyl (C=O) groups is 1. The lowest BCUT2D eigenvalue weighted by molar-refractivity contribution is 0.0526. The number of hydrogen-bond acceptors (Lipinski definition) is 4. The molecule has 0 bridgehead atoms. The number of nitrogens with one attached hydrogen (secondary N) is 1. The van der Waals surface area contributed by atoms with Crippen LogP contribution in [-0.4, -0.2) is 27.8 Å². The molecule has 0 aromatic carbocycles. The van der Waals surface area contributed by atoms with Gasteiger partial charge in [-0.1, -0.05) is 6.58 Å². The van der Waals surface area contributed by atoms with Gasteiger partial charge in [-0.25, -0.2) is 9.78 Å². The van der Waals surface area contributed by atoms with Crippen LogP contribution in [0.5, 0.6) is 0 Å². The normalized spacial score (nSPS) is 12.1. The highest BCUT2D eigenvalue weighted by molar-refractivity contribution is 5.67. The van der Waals surface area contributed by atoms with Crippen molar-refractivity contribution in [2.45, 2.75) is 39.8 Å². The van der Waals surface area contributed by atoms with Gasteiger partial charge in [0.1, 0.15) is 5.60 Å². The molecule has 1 aromatic rings. The van der Waals surface area contributed by atoms with Gasteiger partial charge in [0.05, 0.1) is 17.7 Å². The van der Waals surface area contributed by atoms with Gasteiger partial charge in [0.2, 0.25) is 0 Å². The summed E-state index contributed by atoms with van der Waals surface area (Å²) in [5.74, 6) is 0. The van der Waals surface area contributed by atoms with Gasteiger partial charge in [0.25, 0.3) is 0 Å². The first kappa shape index (κ1) is 16.8. The zero-order chi connectivity index (χ0) is 16.0. The molecule has 6 heteroatoms. The Balaban J connectivity index is 2.64. The Hall–Kier alpha value is -2.24. The second-order valence-electron chi connectivity index (χ2n) is 5.73. The molecule has 0 aliphatic rings. The Kier molecular flexibility index (Phi) is 5.58. The first-order valence-electron chi connectivity index (χ1n) is 6.81. The molecule has 1 heterocycles. The molecule has 1 amide bonds. The maximum absolute atomic E-state index is 11.6. The molecule has 0 aliphatic carbocycles. The summed E-state index contributed by atoms with van der Waals surface area (Å²) in [7, 11) is 0. The van der Waals surface area contributed by atoms with Crippen molar-refractivity contribution < 1.29 is 9.53 Å². The summed E-state index contributed by atoms with van der Waals surface area (Å²) in [5.41, 5.74) is 7.53. The van der Waals surface area contributed by atoms with E-state index in [0.717, 1.165) is 11.4 Å². The molecule has 0 radical (unpaired) electrons. The van der Waals surface area contributed by atoms with Crippen molar-refractivity contribution in [3.05, 3.63) is 30.0 Å². The maximum Gasteiger partial charge on any atom is 0.407 e. The van der Waals surface area contributed by atoms with E-state index in [1.807, 2.05) is 38.3 Å². The van der Waals surface area contributed by atoms with Gasteiger partial charge >= 0.3 is 6.09 Å². The van der Waals surface area contributed by atoms with Crippen LogP contribution in [0.1, 0.15) is 39.1 Å².